The number of rotatable bonds is 11. The summed E-state index contributed by atoms with van der Waals surface area (Å²) in [6, 6.07) is 11.2. The molecule has 0 atom stereocenters. The van der Waals surface area contributed by atoms with Crippen molar-refractivity contribution < 1.29 is 18.3 Å². The third-order valence-corrected chi connectivity index (χ3v) is 7.77. The summed E-state index contributed by atoms with van der Waals surface area (Å²) in [6.07, 6.45) is 0.711. The van der Waals surface area contributed by atoms with Gasteiger partial charge < -0.3 is 14.9 Å². The van der Waals surface area contributed by atoms with E-state index in [0.717, 1.165) is 12.1 Å². The molecule has 2 rings (SSSR count). The Morgan fingerprint density at radius 3 is 1.94 bits per heavy atom. The quantitative estimate of drug-likeness (QED) is 0.538. The number of carbonyl (C=O) groups is 1. The van der Waals surface area contributed by atoms with Crippen molar-refractivity contribution in [1.82, 2.24) is 14.1 Å². The highest BCUT2D eigenvalue weighted by molar-refractivity contribution is 7.89. The van der Waals surface area contributed by atoms with Gasteiger partial charge in [-0.2, -0.15) is 0 Å². The predicted molar refractivity (Wildman–Crippen MR) is 132 cm³/mol. The second kappa shape index (κ2) is 11.6. The summed E-state index contributed by atoms with van der Waals surface area (Å²) >= 11 is 0. The van der Waals surface area contributed by atoms with E-state index in [-0.39, 0.29) is 29.5 Å². The summed E-state index contributed by atoms with van der Waals surface area (Å²) in [6.45, 7) is 7.54. The number of hydrogen-bond acceptors (Lipinski definition) is 5. The SMILES string of the molecule is CCN(Cc1ccc(CN(C)C)cc1)C(=O)CCCN(C)S(=O)(=O)c1c(C)cc(O)cc1C. The first-order valence-electron chi connectivity index (χ1n) is 11.2. The van der Waals surface area contributed by atoms with E-state index in [2.05, 4.69) is 29.2 Å². The fraction of sp³-hybridized carbons (Fsp3) is 0.480. The Balaban J connectivity index is 1.95. The molecule has 1 amide bonds. The number of phenolic OH excluding ortho intramolecular Hbond substituents is 1. The number of carbonyl (C=O) groups excluding carboxylic acids is 1. The van der Waals surface area contributed by atoms with E-state index in [0.29, 0.717) is 30.6 Å². The Bertz CT molecular complexity index is 1030. The van der Waals surface area contributed by atoms with E-state index in [1.165, 1.54) is 29.0 Å². The van der Waals surface area contributed by atoms with Crippen molar-refractivity contribution in [3.63, 3.8) is 0 Å². The molecule has 2 aromatic rings. The minimum atomic E-state index is -3.71. The third-order valence-electron chi connectivity index (χ3n) is 5.61. The number of benzene rings is 2. The molecule has 0 bridgehead atoms. The molecule has 33 heavy (non-hydrogen) atoms. The molecule has 0 heterocycles. The van der Waals surface area contributed by atoms with Gasteiger partial charge in [-0.3, -0.25) is 4.79 Å². The molecule has 0 spiro atoms. The number of hydrogen-bond donors (Lipinski definition) is 1. The van der Waals surface area contributed by atoms with Crippen molar-refractivity contribution in [2.24, 2.45) is 0 Å². The minimum Gasteiger partial charge on any atom is -0.508 e. The summed E-state index contributed by atoms with van der Waals surface area (Å²) < 4.78 is 27.3. The van der Waals surface area contributed by atoms with Crippen LogP contribution in [0, 0.1) is 13.8 Å². The fourth-order valence-corrected chi connectivity index (χ4v) is 5.55. The van der Waals surface area contributed by atoms with E-state index >= 15 is 0 Å². The van der Waals surface area contributed by atoms with E-state index < -0.39 is 10.0 Å². The van der Waals surface area contributed by atoms with Crippen LogP contribution < -0.4 is 0 Å². The fourth-order valence-electron chi connectivity index (χ4n) is 3.93. The Morgan fingerprint density at radius 1 is 0.939 bits per heavy atom. The second-order valence-electron chi connectivity index (χ2n) is 8.80. The molecule has 0 saturated carbocycles. The zero-order valence-electron chi connectivity index (χ0n) is 20.6. The van der Waals surface area contributed by atoms with E-state index in [4.69, 9.17) is 0 Å². The Morgan fingerprint density at radius 2 is 1.45 bits per heavy atom. The smallest absolute Gasteiger partial charge is 0.243 e. The zero-order chi connectivity index (χ0) is 24.8. The van der Waals surface area contributed by atoms with Gasteiger partial charge in [0.1, 0.15) is 5.75 Å². The first-order valence-corrected chi connectivity index (χ1v) is 12.7. The molecular weight excluding hydrogens is 438 g/mol. The number of sulfonamides is 1. The summed E-state index contributed by atoms with van der Waals surface area (Å²) in [5.41, 5.74) is 3.31. The molecule has 0 radical (unpaired) electrons. The van der Waals surface area contributed by atoms with Gasteiger partial charge in [0.15, 0.2) is 0 Å². The highest BCUT2D eigenvalue weighted by atomic mass is 32.2. The lowest BCUT2D eigenvalue weighted by atomic mass is 10.1. The molecule has 0 fully saturated rings. The monoisotopic (exact) mass is 475 g/mol. The predicted octanol–water partition coefficient (Wildman–Crippen LogP) is 3.52. The van der Waals surface area contributed by atoms with Gasteiger partial charge in [0.25, 0.3) is 0 Å². The lowest BCUT2D eigenvalue weighted by Crippen LogP contribution is -2.32. The van der Waals surface area contributed by atoms with Gasteiger partial charge in [-0.05, 0) is 75.7 Å². The maximum absolute atomic E-state index is 13.0. The molecular formula is C25H37N3O4S. The largest absolute Gasteiger partial charge is 0.508 e. The van der Waals surface area contributed by atoms with Gasteiger partial charge in [-0.15, -0.1) is 0 Å². The van der Waals surface area contributed by atoms with Crippen LogP contribution in [0.15, 0.2) is 41.3 Å². The van der Waals surface area contributed by atoms with Gasteiger partial charge in [-0.1, -0.05) is 24.3 Å². The number of aromatic hydroxyl groups is 1. The summed E-state index contributed by atoms with van der Waals surface area (Å²) in [7, 11) is 1.88. The number of nitrogens with zero attached hydrogens (tertiary/aromatic N) is 3. The van der Waals surface area contributed by atoms with Crippen molar-refractivity contribution in [3.8, 4) is 5.75 Å². The Kier molecular flexibility index (Phi) is 9.46. The molecule has 0 aliphatic carbocycles. The van der Waals surface area contributed by atoms with Gasteiger partial charge in [0, 0.05) is 39.6 Å². The van der Waals surface area contributed by atoms with Gasteiger partial charge in [0.2, 0.25) is 15.9 Å². The van der Waals surface area contributed by atoms with Crippen molar-refractivity contribution in [2.45, 2.75) is 51.6 Å². The van der Waals surface area contributed by atoms with Crippen molar-refractivity contribution >= 4 is 15.9 Å². The Labute approximate surface area is 198 Å². The standard InChI is InChI=1S/C25H37N3O4S/c1-7-28(18-22-12-10-21(11-13-22)17-26(4)5)24(30)9-8-14-27(6)33(31,32)25-19(2)15-23(29)16-20(25)3/h10-13,15-16,29H,7-9,14,17-18H2,1-6H3. The van der Waals surface area contributed by atoms with Crippen LogP contribution in [0.3, 0.4) is 0 Å². The van der Waals surface area contributed by atoms with Crippen molar-refractivity contribution in [3.05, 3.63) is 58.7 Å². The van der Waals surface area contributed by atoms with Crippen molar-refractivity contribution in [1.29, 1.82) is 0 Å². The molecule has 8 heteroatoms. The number of phenols is 1. The van der Waals surface area contributed by atoms with Crippen LogP contribution in [0.25, 0.3) is 0 Å². The normalized spacial score (nSPS) is 11.9. The first kappa shape index (κ1) is 26.8. The lowest BCUT2D eigenvalue weighted by Gasteiger charge is -2.23. The van der Waals surface area contributed by atoms with Crippen LogP contribution >= 0.6 is 0 Å². The molecule has 0 aliphatic rings. The number of amides is 1. The zero-order valence-corrected chi connectivity index (χ0v) is 21.4. The molecule has 0 aliphatic heterocycles. The molecule has 0 unspecified atom stereocenters. The Hall–Kier alpha value is -2.42. The van der Waals surface area contributed by atoms with Crippen molar-refractivity contribution in [2.75, 3.05) is 34.2 Å². The average Bonchev–Trinajstić information content (AvgIpc) is 2.71. The summed E-state index contributed by atoms with van der Waals surface area (Å²) in [5.74, 6) is 0.0573. The topological polar surface area (TPSA) is 81.2 Å². The average molecular weight is 476 g/mol. The van der Waals surface area contributed by atoms with E-state index in [1.807, 2.05) is 21.0 Å². The van der Waals surface area contributed by atoms with Gasteiger partial charge in [0.05, 0.1) is 4.90 Å². The van der Waals surface area contributed by atoms with Gasteiger partial charge in [-0.25, -0.2) is 12.7 Å². The second-order valence-corrected chi connectivity index (χ2v) is 10.8. The first-order chi connectivity index (χ1) is 15.4. The van der Waals surface area contributed by atoms with E-state index in [9.17, 15) is 18.3 Å². The third kappa shape index (κ3) is 7.28. The maximum atomic E-state index is 13.0. The number of aryl methyl sites for hydroxylation is 2. The maximum Gasteiger partial charge on any atom is 0.243 e. The molecule has 2 aromatic carbocycles. The van der Waals surface area contributed by atoms with Crippen LogP contribution in [0.5, 0.6) is 5.75 Å². The van der Waals surface area contributed by atoms with Gasteiger partial charge >= 0.3 is 0 Å². The van der Waals surface area contributed by atoms with Crippen LogP contribution in [0.2, 0.25) is 0 Å². The molecule has 182 valence electrons. The van der Waals surface area contributed by atoms with Crippen LogP contribution in [-0.4, -0.2) is 67.8 Å². The van der Waals surface area contributed by atoms with Crippen LogP contribution in [-0.2, 0) is 27.9 Å². The highest BCUT2D eigenvalue weighted by Gasteiger charge is 2.25. The lowest BCUT2D eigenvalue weighted by molar-refractivity contribution is -0.131. The van der Waals surface area contributed by atoms with Crippen LogP contribution in [0.4, 0.5) is 0 Å². The summed E-state index contributed by atoms with van der Waals surface area (Å²) in [5, 5.41) is 9.70. The summed E-state index contributed by atoms with van der Waals surface area (Å²) in [4.78, 5) is 16.9. The van der Waals surface area contributed by atoms with Crippen LogP contribution in [0.1, 0.15) is 42.0 Å². The molecule has 1 N–H and O–H groups in total. The molecule has 7 nitrogen and oxygen atoms in total. The van der Waals surface area contributed by atoms with E-state index in [1.54, 1.807) is 18.7 Å². The molecule has 0 aromatic heterocycles. The molecule has 0 saturated heterocycles. The highest BCUT2D eigenvalue weighted by Crippen LogP contribution is 2.27. The minimum absolute atomic E-state index is 0.0117.